The molecule has 1 aliphatic rings. The molecule has 1 heterocycles. The molecule has 0 aromatic rings. The second-order valence-electron chi connectivity index (χ2n) is 4.23. The molecule has 0 bridgehead atoms. The van der Waals surface area contributed by atoms with Crippen LogP contribution in [0.5, 0.6) is 0 Å². The molecule has 0 saturated carbocycles. The molecule has 16 heavy (non-hydrogen) atoms. The van der Waals surface area contributed by atoms with Gasteiger partial charge in [0.15, 0.2) is 0 Å². The Morgan fingerprint density at radius 3 is 2.44 bits per heavy atom. The quantitative estimate of drug-likeness (QED) is 0.653. The van der Waals surface area contributed by atoms with E-state index >= 15 is 0 Å². The molecule has 0 N–H and O–H groups in total. The fraction of sp³-hybridized carbons (Fsp3) is 0.818. The molecule has 0 radical (unpaired) electrons. The van der Waals surface area contributed by atoms with Gasteiger partial charge in [-0.3, -0.25) is 9.59 Å². The molecule has 1 amide bonds. The van der Waals surface area contributed by atoms with Gasteiger partial charge >= 0.3 is 5.97 Å². The predicted octanol–water partition coefficient (Wildman–Crippen LogP) is 0.289. The summed E-state index contributed by atoms with van der Waals surface area (Å²) in [5.74, 6) is -0.382. The number of carbonyl (C=O) groups excluding carboxylic acids is 2. The second kappa shape index (κ2) is 5.30. The van der Waals surface area contributed by atoms with Crippen LogP contribution in [-0.2, 0) is 19.1 Å². The number of methoxy groups -OCH3 is 2. The van der Waals surface area contributed by atoms with Crippen molar-refractivity contribution in [3.05, 3.63) is 0 Å². The number of esters is 1. The molecule has 1 aliphatic heterocycles. The highest BCUT2D eigenvalue weighted by Gasteiger charge is 2.38. The Hall–Kier alpha value is -1.10. The number of hydrogen-bond acceptors (Lipinski definition) is 4. The molecule has 92 valence electrons. The van der Waals surface area contributed by atoms with Crippen LogP contribution < -0.4 is 0 Å². The fourth-order valence-corrected chi connectivity index (χ4v) is 1.96. The van der Waals surface area contributed by atoms with Crippen molar-refractivity contribution in [2.24, 2.45) is 11.8 Å². The van der Waals surface area contributed by atoms with Crippen LogP contribution in [0.1, 0.15) is 13.8 Å². The molecule has 5 nitrogen and oxygen atoms in total. The smallest absolute Gasteiger partial charge is 0.310 e. The van der Waals surface area contributed by atoms with E-state index in [2.05, 4.69) is 0 Å². The molecule has 3 atom stereocenters. The highest BCUT2D eigenvalue weighted by atomic mass is 16.5. The highest BCUT2D eigenvalue weighted by Crippen LogP contribution is 2.24. The summed E-state index contributed by atoms with van der Waals surface area (Å²) in [5.41, 5.74) is 0. The molecule has 5 heteroatoms. The van der Waals surface area contributed by atoms with Gasteiger partial charge in [0.2, 0.25) is 0 Å². The minimum absolute atomic E-state index is 0.0687. The maximum Gasteiger partial charge on any atom is 0.310 e. The molecule has 1 rings (SSSR count). The Bertz CT molecular complexity index is 279. The Morgan fingerprint density at radius 2 is 1.94 bits per heavy atom. The van der Waals surface area contributed by atoms with E-state index in [-0.39, 0.29) is 23.7 Å². The third-order valence-electron chi connectivity index (χ3n) is 3.13. The summed E-state index contributed by atoms with van der Waals surface area (Å²) in [4.78, 5) is 24.9. The first kappa shape index (κ1) is 13.0. The van der Waals surface area contributed by atoms with Crippen LogP contribution in [0.4, 0.5) is 0 Å². The van der Waals surface area contributed by atoms with Crippen molar-refractivity contribution in [3.63, 3.8) is 0 Å². The Kier molecular flexibility index (Phi) is 4.29. The van der Waals surface area contributed by atoms with Gasteiger partial charge in [0.1, 0.15) is 6.10 Å². The van der Waals surface area contributed by atoms with Crippen LogP contribution in [0.15, 0.2) is 0 Å². The van der Waals surface area contributed by atoms with E-state index in [4.69, 9.17) is 9.47 Å². The van der Waals surface area contributed by atoms with E-state index < -0.39 is 6.10 Å². The lowest BCUT2D eigenvalue weighted by atomic mass is 9.99. The van der Waals surface area contributed by atoms with Crippen LogP contribution >= 0.6 is 0 Å². The van der Waals surface area contributed by atoms with Gasteiger partial charge in [-0.2, -0.15) is 0 Å². The third kappa shape index (κ3) is 2.52. The van der Waals surface area contributed by atoms with E-state index in [0.29, 0.717) is 13.1 Å². The van der Waals surface area contributed by atoms with Crippen molar-refractivity contribution in [1.82, 2.24) is 4.90 Å². The molecular formula is C11H19NO4. The minimum Gasteiger partial charge on any atom is -0.469 e. The fourth-order valence-electron chi connectivity index (χ4n) is 1.96. The van der Waals surface area contributed by atoms with E-state index in [1.54, 1.807) is 11.8 Å². The number of hydrogen-bond donors (Lipinski definition) is 0. The van der Waals surface area contributed by atoms with E-state index in [1.807, 2.05) is 6.92 Å². The standard InChI is InChI=1S/C11H19NO4/c1-7-5-12(10(13)8(2)15-3)6-9(7)11(14)16-4/h7-9H,5-6H2,1-4H3. The molecule has 3 unspecified atom stereocenters. The zero-order chi connectivity index (χ0) is 12.3. The Balaban J connectivity index is 2.62. The summed E-state index contributed by atoms with van der Waals surface area (Å²) in [7, 11) is 2.87. The first-order valence-corrected chi connectivity index (χ1v) is 5.40. The summed E-state index contributed by atoms with van der Waals surface area (Å²) in [6, 6.07) is 0. The third-order valence-corrected chi connectivity index (χ3v) is 3.13. The van der Waals surface area contributed by atoms with E-state index in [9.17, 15) is 9.59 Å². The molecule has 0 aromatic carbocycles. The number of rotatable bonds is 3. The van der Waals surface area contributed by atoms with Crippen LogP contribution in [0, 0.1) is 11.8 Å². The maximum absolute atomic E-state index is 11.8. The van der Waals surface area contributed by atoms with Gasteiger partial charge < -0.3 is 14.4 Å². The minimum atomic E-state index is -0.455. The molecule has 1 saturated heterocycles. The van der Waals surface area contributed by atoms with Crippen molar-refractivity contribution >= 4 is 11.9 Å². The van der Waals surface area contributed by atoms with E-state index in [0.717, 1.165) is 0 Å². The monoisotopic (exact) mass is 229 g/mol. The Labute approximate surface area is 95.7 Å². The van der Waals surface area contributed by atoms with Gasteiger partial charge in [0, 0.05) is 20.2 Å². The predicted molar refractivity (Wildman–Crippen MR) is 57.7 cm³/mol. The number of nitrogens with zero attached hydrogens (tertiary/aromatic N) is 1. The molecule has 0 spiro atoms. The van der Waals surface area contributed by atoms with Gasteiger partial charge in [-0.15, -0.1) is 0 Å². The second-order valence-corrected chi connectivity index (χ2v) is 4.23. The van der Waals surface area contributed by atoms with Crippen molar-refractivity contribution in [2.45, 2.75) is 20.0 Å². The molecular weight excluding hydrogens is 210 g/mol. The topological polar surface area (TPSA) is 55.8 Å². The zero-order valence-corrected chi connectivity index (χ0v) is 10.2. The van der Waals surface area contributed by atoms with Crippen LogP contribution in [0.25, 0.3) is 0 Å². The average molecular weight is 229 g/mol. The van der Waals surface area contributed by atoms with Crippen molar-refractivity contribution < 1.29 is 19.1 Å². The Morgan fingerprint density at radius 1 is 1.31 bits per heavy atom. The number of amides is 1. The zero-order valence-electron chi connectivity index (χ0n) is 10.2. The van der Waals surface area contributed by atoms with Gasteiger partial charge in [-0.1, -0.05) is 6.92 Å². The maximum atomic E-state index is 11.8. The average Bonchev–Trinajstić information content (AvgIpc) is 2.68. The summed E-state index contributed by atoms with van der Waals surface area (Å²) in [6.45, 7) is 4.68. The van der Waals surface area contributed by atoms with Gasteiger partial charge in [0.25, 0.3) is 5.91 Å². The van der Waals surface area contributed by atoms with Crippen molar-refractivity contribution in [2.75, 3.05) is 27.3 Å². The number of carbonyl (C=O) groups is 2. The first-order chi connectivity index (χ1) is 7.51. The van der Waals surface area contributed by atoms with Gasteiger partial charge in [-0.25, -0.2) is 0 Å². The molecule has 0 aliphatic carbocycles. The van der Waals surface area contributed by atoms with Gasteiger partial charge in [-0.05, 0) is 12.8 Å². The van der Waals surface area contributed by atoms with Crippen LogP contribution in [0.2, 0.25) is 0 Å². The number of likely N-dealkylation sites (tertiary alicyclic amines) is 1. The molecule has 1 fully saturated rings. The largest absolute Gasteiger partial charge is 0.469 e. The summed E-state index contributed by atoms with van der Waals surface area (Å²) in [6.07, 6.45) is -0.455. The van der Waals surface area contributed by atoms with Crippen molar-refractivity contribution in [3.8, 4) is 0 Å². The summed E-state index contributed by atoms with van der Waals surface area (Å²) < 4.78 is 9.69. The first-order valence-electron chi connectivity index (χ1n) is 5.40. The van der Waals surface area contributed by atoms with Crippen molar-refractivity contribution in [1.29, 1.82) is 0 Å². The van der Waals surface area contributed by atoms with E-state index in [1.165, 1.54) is 14.2 Å². The van der Waals surface area contributed by atoms with Gasteiger partial charge in [0.05, 0.1) is 13.0 Å². The normalized spacial score (nSPS) is 26.6. The van der Waals surface area contributed by atoms with Crippen LogP contribution in [0.3, 0.4) is 0 Å². The molecule has 0 aromatic heterocycles. The lowest BCUT2D eigenvalue weighted by Crippen LogP contribution is -2.37. The lowest BCUT2D eigenvalue weighted by molar-refractivity contribution is -0.146. The lowest BCUT2D eigenvalue weighted by Gasteiger charge is -2.19. The highest BCUT2D eigenvalue weighted by molar-refractivity contribution is 5.82. The van der Waals surface area contributed by atoms with Crippen LogP contribution in [-0.4, -0.2) is 50.2 Å². The summed E-state index contributed by atoms with van der Waals surface area (Å²) in [5, 5.41) is 0. The summed E-state index contributed by atoms with van der Waals surface area (Å²) >= 11 is 0. The SMILES string of the molecule is COC(=O)C1CN(C(=O)C(C)OC)CC1C. The number of ether oxygens (including phenoxy) is 2.